The monoisotopic (exact) mass is 256 g/mol. The van der Waals surface area contributed by atoms with E-state index in [1.165, 1.54) is 23.6 Å². The third-order valence-electron chi connectivity index (χ3n) is 2.92. The Bertz CT molecular complexity index is 471. The lowest BCUT2D eigenvalue weighted by Crippen LogP contribution is -2.35. The van der Waals surface area contributed by atoms with Crippen molar-refractivity contribution in [2.45, 2.75) is 24.0 Å². The molecule has 0 radical (unpaired) electrons. The molecule has 1 saturated carbocycles. The van der Waals surface area contributed by atoms with Crippen LogP contribution in [-0.2, 0) is 10.0 Å². The number of aliphatic hydroxyl groups is 1. The molecule has 5 nitrogen and oxygen atoms in total. The molecule has 1 unspecified atom stereocenters. The van der Waals surface area contributed by atoms with Gasteiger partial charge in [-0.1, -0.05) is 6.07 Å². The van der Waals surface area contributed by atoms with Gasteiger partial charge in [-0.05, 0) is 30.9 Å². The van der Waals surface area contributed by atoms with Crippen molar-refractivity contribution < 1.29 is 13.5 Å². The van der Waals surface area contributed by atoms with Gasteiger partial charge in [-0.25, -0.2) is 13.4 Å². The van der Waals surface area contributed by atoms with Gasteiger partial charge in [0.25, 0.3) is 10.0 Å². The zero-order valence-electron chi connectivity index (χ0n) is 9.65. The topological polar surface area (TPSA) is 70.5 Å². The second-order valence-corrected chi connectivity index (χ2v) is 6.35. The van der Waals surface area contributed by atoms with E-state index in [-0.39, 0.29) is 17.5 Å². The summed E-state index contributed by atoms with van der Waals surface area (Å²) in [5.74, 6) is 0.261. The molecule has 1 aromatic heterocycles. The van der Waals surface area contributed by atoms with Gasteiger partial charge in [-0.3, -0.25) is 0 Å². The number of aromatic nitrogens is 1. The predicted octanol–water partition coefficient (Wildman–Crippen LogP) is 0.473. The minimum atomic E-state index is -3.58. The lowest BCUT2D eigenvalue weighted by molar-refractivity contribution is 0.131. The second kappa shape index (κ2) is 4.72. The first-order valence-corrected chi connectivity index (χ1v) is 7.01. The van der Waals surface area contributed by atoms with E-state index in [9.17, 15) is 13.5 Å². The predicted molar refractivity (Wildman–Crippen MR) is 62.8 cm³/mol. The van der Waals surface area contributed by atoms with Crippen LogP contribution in [0.5, 0.6) is 0 Å². The van der Waals surface area contributed by atoms with Crippen molar-refractivity contribution in [2.24, 2.45) is 5.92 Å². The SMILES string of the molecule is CN(CC(O)C1CC1)S(=O)(=O)c1ccccn1. The zero-order chi connectivity index (χ0) is 12.5. The van der Waals surface area contributed by atoms with Crippen LogP contribution >= 0.6 is 0 Å². The molecule has 1 heterocycles. The van der Waals surface area contributed by atoms with Crippen molar-refractivity contribution in [1.29, 1.82) is 0 Å². The molecule has 0 saturated heterocycles. The number of sulfonamides is 1. The Balaban J connectivity index is 2.09. The molecule has 1 aromatic rings. The fourth-order valence-corrected chi connectivity index (χ4v) is 2.76. The molecular formula is C11H16N2O3S. The van der Waals surface area contributed by atoms with E-state index in [1.807, 2.05) is 0 Å². The van der Waals surface area contributed by atoms with Gasteiger partial charge in [0.05, 0.1) is 6.10 Å². The van der Waals surface area contributed by atoms with Gasteiger partial charge < -0.3 is 5.11 Å². The molecule has 0 spiro atoms. The first kappa shape index (κ1) is 12.5. The van der Waals surface area contributed by atoms with Crippen LogP contribution in [0, 0.1) is 5.92 Å². The van der Waals surface area contributed by atoms with E-state index in [4.69, 9.17) is 0 Å². The molecular weight excluding hydrogens is 240 g/mol. The molecule has 17 heavy (non-hydrogen) atoms. The van der Waals surface area contributed by atoms with Crippen LogP contribution in [-0.4, -0.2) is 42.5 Å². The Morgan fingerprint density at radius 3 is 2.76 bits per heavy atom. The van der Waals surface area contributed by atoms with Crippen LogP contribution in [0.3, 0.4) is 0 Å². The van der Waals surface area contributed by atoms with Crippen LogP contribution < -0.4 is 0 Å². The Kier molecular flexibility index (Phi) is 3.46. The standard InChI is InChI=1S/C11H16N2O3S/c1-13(8-10(14)9-5-6-9)17(15,16)11-4-2-3-7-12-11/h2-4,7,9-10,14H,5-6,8H2,1H3. The summed E-state index contributed by atoms with van der Waals surface area (Å²) in [4.78, 5) is 3.83. The summed E-state index contributed by atoms with van der Waals surface area (Å²) in [5, 5.41) is 9.76. The number of hydrogen-bond donors (Lipinski definition) is 1. The molecule has 94 valence electrons. The number of hydrogen-bond acceptors (Lipinski definition) is 4. The number of pyridine rings is 1. The van der Waals surface area contributed by atoms with E-state index in [1.54, 1.807) is 12.1 Å². The summed E-state index contributed by atoms with van der Waals surface area (Å²) >= 11 is 0. The van der Waals surface area contributed by atoms with Gasteiger partial charge >= 0.3 is 0 Å². The average Bonchev–Trinajstić information content (AvgIpc) is 3.13. The summed E-state index contributed by atoms with van der Waals surface area (Å²) < 4.78 is 25.3. The third-order valence-corrected chi connectivity index (χ3v) is 4.66. The molecule has 0 bridgehead atoms. The van der Waals surface area contributed by atoms with E-state index in [0.29, 0.717) is 0 Å². The maximum absolute atomic E-state index is 12.1. The quantitative estimate of drug-likeness (QED) is 0.831. The molecule has 1 aliphatic carbocycles. The van der Waals surface area contributed by atoms with Crippen molar-refractivity contribution >= 4 is 10.0 Å². The van der Waals surface area contributed by atoms with Crippen molar-refractivity contribution in [1.82, 2.24) is 9.29 Å². The van der Waals surface area contributed by atoms with Gasteiger partial charge in [0.2, 0.25) is 0 Å². The normalized spacial score (nSPS) is 18.3. The second-order valence-electron chi connectivity index (χ2n) is 4.36. The Morgan fingerprint density at radius 2 is 2.24 bits per heavy atom. The lowest BCUT2D eigenvalue weighted by atomic mass is 10.2. The number of rotatable bonds is 5. The highest BCUT2D eigenvalue weighted by Gasteiger charge is 2.33. The first-order valence-electron chi connectivity index (χ1n) is 5.57. The van der Waals surface area contributed by atoms with Crippen LogP contribution in [0.1, 0.15) is 12.8 Å². The molecule has 0 amide bonds. The van der Waals surface area contributed by atoms with Crippen LogP contribution in [0.4, 0.5) is 0 Å². The highest BCUT2D eigenvalue weighted by atomic mass is 32.2. The van der Waals surface area contributed by atoms with Crippen molar-refractivity contribution in [3.63, 3.8) is 0 Å². The largest absolute Gasteiger partial charge is 0.391 e. The molecule has 0 aliphatic heterocycles. The van der Waals surface area contributed by atoms with Gasteiger partial charge in [-0.2, -0.15) is 4.31 Å². The van der Waals surface area contributed by atoms with Gasteiger partial charge in [0.15, 0.2) is 5.03 Å². The fourth-order valence-electron chi connectivity index (χ4n) is 1.65. The van der Waals surface area contributed by atoms with Crippen LogP contribution in [0.15, 0.2) is 29.4 Å². The van der Waals surface area contributed by atoms with Crippen LogP contribution in [0.2, 0.25) is 0 Å². The lowest BCUT2D eigenvalue weighted by Gasteiger charge is -2.19. The van der Waals surface area contributed by atoms with Gasteiger partial charge in [-0.15, -0.1) is 0 Å². The summed E-state index contributed by atoms with van der Waals surface area (Å²) in [5.41, 5.74) is 0. The molecule has 1 atom stereocenters. The molecule has 1 aliphatic rings. The summed E-state index contributed by atoms with van der Waals surface area (Å²) in [6, 6.07) is 4.75. The molecule has 1 fully saturated rings. The summed E-state index contributed by atoms with van der Waals surface area (Å²) in [6.45, 7) is 0.129. The van der Waals surface area contributed by atoms with E-state index >= 15 is 0 Å². The molecule has 2 rings (SSSR count). The highest BCUT2D eigenvalue weighted by molar-refractivity contribution is 7.89. The Hall–Kier alpha value is -0.980. The van der Waals surface area contributed by atoms with E-state index in [2.05, 4.69) is 4.98 Å². The van der Waals surface area contributed by atoms with Crippen molar-refractivity contribution in [3.8, 4) is 0 Å². The summed E-state index contributed by atoms with van der Waals surface area (Å²) in [6.07, 6.45) is 2.84. The minimum Gasteiger partial charge on any atom is -0.391 e. The van der Waals surface area contributed by atoms with Gasteiger partial charge in [0, 0.05) is 19.8 Å². The van der Waals surface area contributed by atoms with Crippen molar-refractivity contribution in [2.75, 3.05) is 13.6 Å². The zero-order valence-corrected chi connectivity index (χ0v) is 10.5. The first-order chi connectivity index (χ1) is 8.01. The highest BCUT2D eigenvalue weighted by Crippen LogP contribution is 2.33. The summed E-state index contributed by atoms with van der Waals surface area (Å²) in [7, 11) is -2.11. The number of nitrogens with zero attached hydrogens (tertiary/aromatic N) is 2. The maximum atomic E-state index is 12.1. The number of aliphatic hydroxyl groups excluding tert-OH is 1. The fraction of sp³-hybridized carbons (Fsp3) is 0.545. The Labute approximate surface area is 101 Å². The van der Waals surface area contributed by atoms with Crippen LogP contribution in [0.25, 0.3) is 0 Å². The molecule has 6 heteroatoms. The minimum absolute atomic E-state index is 0.0190. The van der Waals surface area contributed by atoms with E-state index in [0.717, 1.165) is 12.8 Å². The maximum Gasteiger partial charge on any atom is 0.260 e. The smallest absolute Gasteiger partial charge is 0.260 e. The third kappa shape index (κ3) is 2.83. The Morgan fingerprint density at radius 1 is 1.53 bits per heavy atom. The number of likely N-dealkylation sites (N-methyl/N-ethyl adjacent to an activating group) is 1. The van der Waals surface area contributed by atoms with Gasteiger partial charge in [0.1, 0.15) is 0 Å². The average molecular weight is 256 g/mol. The molecule has 0 aromatic carbocycles. The van der Waals surface area contributed by atoms with Crippen molar-refractivity contribution in [3.05, 3.63) is 24.4 Å². The molecule has 1 N–H and O–H groups in total. The van der Waals surface area contributed by atoms with E-state index < -0.39 is 16.1 Å².